The number of aryl methyl sites for hydroxylation is 1. The minimum atomic E-state index is -0.896. The molecular formula is C14H14ClN3O3. The van der Waals surface area contributed by atoms with E-state index in [1.54, 1.807) is 44.2 Å². The number of hydrogen-bond acceptors (Lipinski definition) is 4. The number of halogens is 1. The molecule has 0 amide bonds. The third kappa shape index (κ3) is 3.29. The third-order valence-electron chi connectivity index (χ3n) is 2.98. The standard InChI is InChI=1S/C14H14ClN3O3/c1-9(19)13(7-11-3-5-12(15)6-4-11)17-10(2)16-8-14(17)18(20)21/h3-9,19H,1-2H3/b13-7+. The van der Waals surface area contributed by atoms with Gasteiger partial charge in [-0.05, 0) is 35.6 Å². The normalized spacial score (nSPS) is 13.2. The van der Waals surface area contributed by atoms with Gasteiger partial charge in [0.25, 0.3) is 0 Å². The molecule has 0 aliphatic carbocycles. The third-order valence-corrected chi connectivity index (χ3v) is 3.23. The summed E-state index contributed by atoms with van der Waals surface area (Å²) in [6.45, 7) is 3.19. The number of benzene rings is 1. The van der Waals surface area contributed by atoms with Crippen molar-refractivity contribution in [2.24, 2.45) is 0 Å². The summed E-state index contributed by atoms with van der Waals surface area (Å²) < 4.78 is 1.33. The summed E-state index contributed by atoms with van der Waals surface area (Å²) in [4.78, 5) is 14.5. The van der Waals surface area contributed by atoms with Crippen molar-refractivity contribution in [3.8, 4) is 0 Å². The zero-order valence-corrected chi connectivity index (χ0v) is 12.3. The molecule has 1 atom stereocenters. The van der Waals surface area contributed by atoms with Crippen LogP contribution in [0.5, 0.6) is 0 Å². The summed E-state index contributed by atoms with van der Waals surface area (Å²) in [5.74, 6) is 0.247. The SMILES string of the molecule is Cc1ncc([N+](=O)[O-])n1/C(=C/c1ccc(Cl)cc1)C(C)O. The molecule has 1 N–H and O–H groups in total. The lowest BCUT2D eigenvalue weighted by Gasteiger charge is -2.10. The molecule has 0 fully saturated rings. The largest absolute Gasteiger partial charge is 0.385 e. The fourth-order valence-corrected chi connectivity index (χ4v) is 2.11. The number of nitro groups is 1. The van der Waals surface area contributed by atoms with Crippen LogP contribution in [0, 0.1) is 17.0 Å². The van der Waals surface area contributed by atoms with Crippen molar-refractivity contribution in [1.29, 1.82) is 0 Å². The number of aliphatic hydroxyl groups is 1. The van der Waals surface area contributed by atoms with Crippen LogP contribution < -0.4 is 0 Å². The molecule has 0 spiro atoms. The number of rotatable bonds is 4. The summed E-state index contributed by atoms with van der Waals surface area (Å²) in [6.07, 6.45) is 1.95. The second-order valence-electron chi connectivity index (χ2n) is 4.55. The minimum absolute atomic E-state index is 0.186. The Labute approximate surface area is 126 Å². The van der Waals surface area contributed by atoms with Crippen molar-refractivity contribution in [2.75, 3.05) is 0 Å². The van der Waals surface area contributed by atoms with Gasteiger partial charge in [-0.15, -0.1) is 0 Å². The van der Waals surface area contributed by atoms with Crippen molar-refractivity contribution in [3.05, 3.63) is 57.0 Å². The Morgan fingerprint density at radius 2 is 2.10 bits per heavy atom. The van der Waals surface area contributed by atoms with E-state index in [0.717, 1.165) is 5.56 Å². The molecule has 0 aliphatic heterocycles. The van der Waals surface area contributed by atoms with Gasteiger partial charge >= 0.3 is 5.82 Å². The van der Waals surface area contributed by atoms with Crippen molar-refractivity contribution < 1.29 is 10.0 Å². The van der Waals surface area contributed by atoms with Gasteiger partial charge in [-0.2, -0.15) is 4.57 Å². The number of imidazole rings is 1. The van der Waals surface area contributed by atoms with Crippen molar-refractivity contribution in [3.63, 3.8) is 0 Å². The Hall–Kier alpha value is -2.18. The summed E-state index contributed by atoms with van der Waals surface area (Å²) in [7, 11) is 0. The summed E-state index contributed by atoms with van der Waals surface area (Å²) in [5.41, 5.74) is 1.15. The molecule has 1 aromatic heterocycles. The highest BCUT2D eigenvalue weighted by molar-refractivity contribution is 6.30. The van der Waals surface area contributed by atoms with E-state index in [9.17, 15) is 15.2 Å². The fraction of sp³-hybridized carbons (Fsp3) is 0.214. The molecule has 1 heterocycles. The van der Waals surface area contributed by atoms with Crippen LogP contribution in [0.3, 0.4) is 0 Å². The molecule has 1 unspecified atom stereocenters. The highest BCUT2D eigenvalue weighted by atomic mass is 35.5. The average Bonchev–Trinajstić information content (AvgIpc) is 2.79. The molecule has 1 aromatic carbocycles. The zero-order chi connectivity index (χ0) is 15.6. The van der Waals surface area contributed by atoms with Gasteiger partial charge in [0, 0.05) is 11.9 Å². The molecule has 7 heteroatoms. The van der Waals surface area contributed by atoms with Gasteiger partial charge < -0.3 is 15.2 Å². The van der Waals surface area contributed by atoms with Crippen molar-refractivity contribution in [2.45, 2.75) is 20.0 Å². The van der Waals surface area contributed by atoms with Gasteiger partial charge in [0.05, 0.1) is 0 Å². The topological polar surface area (TPSA) is 81.2 Å². The van der Waals surface area contributed by atoms with Crippen LogP contribution in [0.1, 0.15) is 18.3 Å². The maximum absolute atomic E-state index is 11.1. The first-order valence-electron chi connectivity index (χ1n) is 6.24. The highest BCUT2D eigenvalue weighted by Gasteiger charge is 2.24. The highest BCUT2D eigenvalue weighted by Crippen LogP contribution is 2.24. The summed E-state index contributed by atoms with van der Waals surface area (Å²) >= 11 is 5.83. The van der Waals surface area contributed by atoms with E-state index in [2.05, 4.69) is 4.98 Å². The van der Waals surface area contributed by atoms with Crippen LogP contribution in [-0.2, 0) is 0 Å². The molecule has 0 bridgehead atoms. The van der Waals surface area contributed by atoms with E-state index >= 15 is 0 Å². The number of aliphatic hydroxyl groups excluding tert-OH is 1. The van der Waals surface area contributed by atoms with Gasteiger partial charge in [-0.1, -0.05) is 23.7 Å². The maximum atomic E-state index is 11.1. The molecule has 21 heavy (non-hydrogen) atoms. The fourth-order valence-electron chi connectivity index (χ4n) is 1.98. The molecule has 0 saturated carbocycles. The molecule has 6 nitrogen and oxygen atoms in total. The second-order valence-corrected chi connectivity index (χ2v) is 4.99. The molecule has 0 radical (unpaired) electrons. The zero-order valence-electron chi connectivity index (χ0n) is 11.5. The van der Waals surface area contributed by atoms with E-state index in [-0.39, 0.29) is 5.82 Å². The molecule has 2 rings (SSSR count). The lowest BCUT2D eigenvalue weighted by molar-refractivity contribution is -0.391. The first kappa shape index (κ1) is 15.2. The summed E-state index contributed by atoms with van der Waals surface area (Å²) in [6, 6.07) is 6.95. The lowest BCUT2D eigenvalue weighted by Crippen LogP contribution is -2.14. The molecule has 110 valence electrons. The molecular weight excluding hydrogens is 294 g/mol. The van der Waals surface area contributed by atoms with E-state index in [1.165, 1.54) is 10.8 Å². The van der Waals surface area contributed by atoms with E-state index < -0.39 is 11.0 Å². The monoisotopic (exact) mass is 307 g/mol. The Morgan fingerprint density at radius 3 is 2.62 bits per heavy atom. The van der Waals surface area contributed by atoms with Gasteiger partial charge in [0.2, 0.25) is 0 Å². The molecule has 0 saturated heterocycles. The second kappa shape index (κ2) is 6.07. The summed E-state index contributed by atoms with van der Waals surface area (Å²) in [5, 5.41) is 21.6. The van der Waals surface area contributed by atoms with E-state index in [0.29, 0.717) is 16.5 Å². The van der Waals surface area contributed by atoms with E-state index in [1.807, 2.05) is 0 Å². The predicted molar refractivity (Wildman–Crippen MR) is 80.9 cm³/mol. The van der Waals surface area contributed by atoms with E-state index in [4.69, 9.17) is 11.6 Å². The minimum Gasteiger partial charge on any atom is -0.385 e. The van der Waals surface area contributed by atoms with Gasteiger partial charge in [-0.3, -0.25) is 0 Å². The number of aromatic nitrogens is 2. The van der Waals surface area contributed by atoms with Gasteiger partial charge in [0.1, 0.15) is 18.0 Å². The van der Waals surface area contributed by atoms with Crippen molar-refractivity contribution in [1.82, 2.24) is 9.55 Å². The Morgan fingerprint density at radius 1 is 1.48 bits per heavy atom. The van der Waals surface area contributed by atoms with Crippen LogP contribution in [0.4, 0.5) is 5.82 Å². The number of nitrogens with zero attached hydrogens (tertiary/aromatic N) is 3. The number of hydrogen-bond donors (Lipinski definition) is 1. The average molecular weight is 308 g/mol. The van der Waals surface area contributed by atoms with Crippen LogP contribution >= 0.6 is 11.6 Å². The molecule has 0 aliphatic rings. The van der Waals surface area contributed by atoms with Crippen molar-refractivity contribution >= 4 is 29.2 Å². The van der Waals surface area contributed by atoms with Gasteiger partial charge in [-0.25, -0.2) is 4.98 Å². The molecule has 2 aromatic rings. The van der Waals surface area contributed by atoms with Crippen LogP contribution in [0.2, 0.25) is 5.02 Å². The predicted octanol–water partition coefficient (Wildman–Crippen LogP) is 3.13. The quantitative estimate of drug-likeness (QED) is 0.695. The van der Waals surface area contributed by atoms with Gasteiger partial charge in [0.15, 0.2) is 5.82 Å². The van der Waals surface area contributed by atoms with Crippen LogP contribution in [-0.4, -0.2) is 25.7 Å². The van der Waals surface area contributed by atoms with Crippen LogP contribution in [0.15, 0.2) is 30.5 Å². The first-order valence-corrected chi connectivity index (χ1v) is 6.62. The smallest absolute Gasteiger partial charge is 0.347 e. The Bertz CT molecular complexity index is 690. The Balaban J connectivity index is 2.57. The maximum Gasteiger partial charge on any atom is 0.347 e. The first-order chi connectivity index (χ1) is 9.90. The van der Waals surface area contributed by atoms with Crippen LogP contribution in [0.25, 0.3) is 11.8 Å². The Kier molecular flexibility index (Phi) is 4.40. The lowest BCUT2D eigenvalue weighted by atomic mass is 10.1.